The van der Waals surface area contributed by atoms with E-state index in [9.17, 15) is 4.79 Å². The molecule has 0 radical (unpaired) electrons. The zero-order valence-corrected chi connectivity index (χ0v) is 14.7. The van der Waals surface area contributed by atoms with Gasteiger partial charge in [-0.2, -0.15) is 0 Å². The molecule has 0 aliphatic carbocycles. The third-order valence-electron chi connectivity index (χ3n) is 3.71. The Morgan fingerprint density at radius 3 is 2.64 bits per heavy atom. The summed E-state index contributed by atoms with van der Waals surface area (Å²) in [5.41, 5.74) is 1.30. The third-order valence-corrected chi connectivity index (χ3v) is 3.71. The van der Waals surface area contributed by atoms with Crippen molar-refractivity contribution >= 4 is 30.7 Å². The Bertz CT molecular complexity index is 411. The first-order valence-electron chi connectivity index (χ1n) is 7.49. The van der Waals surface area contributed by atoms with Gasteiger partial charge in [-0.05, 0) is 32.0 Å². The van der Waals surface area contributed by atoms with Crippen LogP contribution < -0.4 is 10.6 Å². The van der Waals surface area contributed by atoms with Crippen molar-refractivity contribution in [2.75, 3.05) is 26.7 Å². The molecule has 4 nitrogen and oxygen atoms in total. The number of amides is 1. The highest BCUT2D eigenvalue weighted by Gasteiger charge is 2.19. The minimum Gasteiger partial charge on any atom is -0.353 e. The minimum atomic E-state index is 0. The smallest absolute Gasteiger partial charge is 0.237 e. The summed E-state index contributed by atoms with van der Waals surface area (Å²) in [7, 11) is 2.08. The monoisotopic (exact) mass is 347 g/mol. The van der Waals surface area contributed by atoms with Crippen LogP contribution in [0.5, 0.6) is 0 Å². The molecule has 1 amide bonds. The molecule has 0 bridgehead atoms. The number of hydrogen-bond acceptors (Lipinski definition) is 3. The highest BCUT2D eigenvalue weighted by Crippen LogP contribution is 2.06. The lowest BCUT2D eigenvalue weighted by Crippen LogP contribution is -2.47. The molecule has 1 aliphatic rings. The molecule has 1 fully saturated rings. The molecule has 1 aromatic rings. The van der Waals surface area contributed by atoms with Crippen LogP contribution in [0.2, 0.25) is 0 Å². The summed E-state index contributed by atoms with van der Waals surface area (Å²) in [6, 6.07) is 10.4. The summed E-state index contributed by atoms with van der Waals surface area (Å²) in [5.74, 6) is 0.151. The number of likely N-dealkylation sites (N-methyl/N-ethyl adjacent to an activating group) is 1. The molecule has 0 aromatic heterocycles. The third kappa shape index (κ3) is 7.45. The number of nitrogens with zero attached hydrogens (tertiary/aromatic N) is 1. The standard InChI is InChI=1S/C16H25N3O.2ClH/c1-19(13-14-7-3-2-4-8-14)12-11-18-16(20)15-9-5-6-10-17-15;;/h2-4,7-8,15,17H,5-6,9-13H2,1H3,(H,18,20);2*1H/t15-;;/m1../s1. The number of nitrogens with one attached hydrogen (secondary N) is 2. The van der Waals surface area contributed by atoms with E-state index in [0.717, 1.165) is 32.5 Å². The van der Waals surface area contributed by atoms with Gasteiger partial charge in [0.05, 0.1) is 6.04 Å². The SMILES string of the molecule is CN(CCNC(=O)[C@H]1CCCCN1)Cc1ccccc1.Cl.Cl. The van der Waals surface area contributed by atoms with Gasteiger partial charge in [0.2, 0.25) is 5.91 Å². The van der Waals surface area contributed by atoms with Gasteiger partial charge in [0.25, 0.3) is 0 Å². The maximum Gasteiger partial charge on any atom is 0.237 e. The number of rotatable bonds is 6. The first-order valence-corrected chi connectivity index (χ1v) is 7.49. The van der Waals surface area contributed by atoms with Gasteiger partial charge < -0.3 is 15.5 Å². The lowest BCUT2D eigenvalue weighted by molar-refractivity contribution is -0.123. The molecule has 1 heterocycles. The second-order valence-corrected chi connectivity index (χ2v) is 5.52. The van der Waals surface area contributed by atoms with E-state index < -0.39 is 0 Å². The van der Waals surface area contributed by atoms with Gasteiger partial charge in [-0.15, -0.1) is 24.8 Å². The van der Waals surface area contributed by atoms with Gasteiger partial charge in [0.1, 0.15) is 0 Å². The van der Waals surface area contributed by atoms with Crippen molar-refractivity contribution in [3.63, 3.8) is 0 Å². The predicted octanol–water partition coefficient (Wildman–Crippen LogP) is 2.22. The van der Waals surface area contributed by atoms with E-state index in [1.54, 1.807) is 0 Å². The second-order valence-electron chi connectivity index (χ2n) is 5.52. The molecule has 1 saturated heterocycles. The number of benzene rings is 1. The van der Waals surface area contributed by atoms with E-state index >= 15 is 0 Å². The molecule has 2 rings (SSSR count). The fraction of sp³-hybridized carbons (Fsp3) is 0.562. The Balaban J connectivity index is 0.00000220. The molecule has 1 atom stereocenters. The number of carbonyl (C=O) groups excluding carboxylic acids is 1. The zero-order valence-electron chi connectivity index (χ0n) is 13.1. The van der Waals surface area contributed by atoms with Crippen LogP contribution in [0.25, 0.3) is 0 Å². The van der Waals surface area contributed by atoms with Crippen molar-refractivity contribution in [3.8, 4) is 0 Å². The van der Waals surface area contributed by atoms with Crippen molar-refractivity contribution < 1.29 is 4.79 Å². The van der Waals surface area contributed by atoms with Crippen LogP contribution in [0.4, 0.5) is 0 Å². The van der Waals surface area contributed by atoms with Crippen molar-refractivity contribution in [2.24, 2.45) is 0 Å². The molecule has 1 aromatic carbocycles. The van der Waals surface area contributed by atoms with Crippen LogP contribution in [0.1, 0.15) is 24.8 Å². The molecular weight excluding hydrogens is 321 g/mol. The Morgan fingerprint density at radius 1 is 1.27 bits per heavy atom. The van der Waals surface area contributed by atoms with Crippen molar-refractivity contribution in [2.45, 2.75) is 31.8 Å². The van der Waals surface area contributed by atoms with Crippen LogP contribution in [0.3, 0.4) is 0 Å². The topological polar surface area (TPSA) is 44.4 Å². The van der Waals surface area contributed by atoms with E-state index in [4.69, 9.17) is 0 Å². The van der Waals surface area contributed by atoms with Crippen molar-refractivity contribution in [1.29, 1.82) is 0 Å². The summed E-state index contributed by atoms with van der Waals surface area (Å²) in [6.07, 6.45) is 3.30. The lowest BCUT2D eigenvalue weighted by atomic mass is 10.0. The highest BCUT2D eigenvalue weighted by molar-refractivity contribution is 5.85. The largest absolute Gasteiger partial charge is 0.353 e. The van der Waals surface area contributed by atoms with E-state index in [1.807, 2.05) is 6.07 Å². The number of carbonyl (C=O) groups is 1. The Morgan fingerprint density at radius 2 is 2.00 bits per heavy atom. The van der Waals surface area contributed by atoms with Gasteiger partial charge in [0.15, 0.2) is 0 Å². The van der Waals surface area contributed by atoms with Crippen molar-refractivity contribution in [1.82, 2.24) is 15.5 Å². The average molecular weight is 348 g/mol. The first-order chi connectivity index (χ1) is 9.75. The van der Waals surface area contributed by atoms with Crippen LogP contribution in [-0.4, -0.2) is 43.5 Å². The van der Waals surface area contributed by atoms with E-state index in [-0.39, 0.29) is 36.8 Å². The van der Waals surface area contributed by atoms with Crippen LogP contribution in [-0.2, 0) is 11.3 Å². The maximum absolute atomic E-state index is 11.9. The second kappa shape index (κ2) is 11.7. The fourth-order valence-corrected chi connectivity index (χ4v) is 2.54. The molecule has 1 aliphatic heterocycles. The minimum absolute atomic E-state index is 0. The number of hydrogen-bond donors (Lipinski definition) is 2. The van der Waals surface area contributed by atoms with Crippen LogP contribution in [0.15, 0.2) is 30.3 Å². The van der Waals surface area contributed by atoms with Crippen LogP contribution >= 0.6 is 24.8 Å². The number of halogens is 2. The quantitative estimate of drug-likeness (QED) is 0.829. The summed E-state index contributed by atoms with van der Waals surface area (Å²) in [6.45, 7) is 3.46. The summed E-state index contributed by atoms with van der Waals surface area (Å²) in [4.78, 5) is 14.2. The molecule has 0 saturated carbocycles. The Labute approximate surface area is 145 Å². The number of piperidine rings is 1. The van der Waals surface area contributed by atoms with E-state index in [2.05, 4.69) is 46.8 Å². The van der Waals surface area contributed by atoms with Crippen molar-refractivity contribution in [3.05, 3.63) is 35.9 Å². The fourth-order valence-electron chi connectivity index (χ4n) is 2.54. The van der Waals surface area contributed by atoms with E-state index in [1.165, 1.54) is 12.0 Å². The van der Waals surface area contributed by atoms with Gasteiger partial charge in [-0.1, -0.05) is 36.8 Å². The molecule has 126 valence electrons. The van der Waals surface area contributed by atoms with E-state index in [0.29, 0.717) is 6.54 Å². The molecular formula is C16H27Cl2N3O. The van der Waals surface area contributed by atoms with Gasteiger partial charge in [-0.3, -0.25) is 4.79 Å². The zero-order chi connectivity index (χ0) is 14.2. The lowest BCUT2D eigenvalue weighted by Gasteiger charge is -2.23. The van der Waals surface area contributed by atoms with Crippen LogP contribution in [0, 0.1) is 0 Å². The average Bonchev–Trinajstić information content (AvgIpc) is 2.49. The first kappa shape index (κ1) is 21.2. The molecule has 22 heavy (non-hydrogen) atoms. The predicted molar refractivity (Wildman–Crippen MR) is 95.9 cm³/mol. The summed E-state index contributed by atoms with van der Waals surface area (Å²) < 4.78 is 0. The molecule has 6 heteroatoms. The Kier molecular flexibility index (Phi) is 11.3. The Hall–Kier alpha value is -0.810. The van der Waals surface area contributed by atoms with Gasteiger partial charge in [0, 0.05) is 19.6 Å². The van der Waals surface area contributed by atoms with Gasteiger partial charge in [-0.25, -0.2) is 0 Å². The van der Waals surface area contributed by atoms with Gasteiger partial charge >= 0.3 is 0 Å². The maximum atomic E-state index is 11.9. The summed E-state index contributed by atoms with van der Waals surface area (Å²) >= 11 is 0. The molecule has 2 N–H and O–H groups in total. The molecule has 0 spiro atoms. The summed E-state index contributed by atoms with van der Waals surface area (Å²) in [5, 5.41) is 6.30. The highest BCUT2D eigenvalue weighted by atomic mass is 35.5. The normalized spacial score (nSPS) is 17.3. The molecule has 0 unspecified atom stereocenters.